The molecule has 8 heteroatoms. The lowest BCUT2D eigenvalue weighted by Gasteiger charge is -2.33. The van der Waals surface area contributed by atoms with Crippen molar-refractivity contribution >= 4 is 35.1 Å². The molecule has 1 aliphatic heterocycles. The second kappa shape index (κ2) is 11.9. The number of rotatable bonds is 10. The second-order valence-corrected chi connectivity index (χ2v) is 9.46. The number of carbonyl (C=O) groups excluding carboxylic acids is 2. The molecule has 2 aromatic rings. The molecule has 0 bridgehead atoms. The molecule has 7 nitrogen and oxygen atoms in total. The minimum atomic E-state index is -0.117. The zero-order valence-corrected chi connectivity index (χ0v) is 20.2. The van der Waals surface area contributed by atoms with Gasteiger partial charge in [0.15, 0.2) is 5.82 Å². The number of hydrogen-bond donors (Lipinski definition) is 2. The third-order valence-electron chi connectivity index (χ3n) is 5.62. The molecule has 1 aliphatic rings. The molecule has 2 heterocycles. The number of carbonyl (C=O) groups is 2. The molecule has 0 aliphatic carbocycles. The highest BCUT2D eigenvalue weighted by atomic mass is 32.2. The van der Waals surface area contributed by atoms with E-state index in [9.17, 15) is 9.59 Å². The van der Waals surface area contributed by atoms with E-state index < -0.39 is 0 Å². The van der Waals surface area contributed by atoms with E-state index in [2.05, 4.69) is 22.5 Å². The molecule has 0 spiro atoms. The van der Waals surface area contributed by atoms with E-state index in [0.717, 1.165) is 67.5 Å². The number of hydrogen-bond acceptors (Lipinski definition) is 5. The van der Waals surface area contributed by atoms with Crippen LogP contribution in [0.5, 0.6) is 0 Å². The van der Waals surface area contributed by atoms with Gasteiger partial charge in [-0.3, -0.25) is 9.59 Å². The summed E-state index contributed by atoms with van der Waals surface area (Å²) in [5, 5.41) is 10.8. The van der Waals surface area contributed by atoms with Crippen LogP contribution in [0.25, 0.3) is 5.69 Å². The van der Waals surface area contributed by atoms with Crippen molar-refractivity contribution in [1.82, 2.24) is 15.1 Å². The number of aryl methyl sites for hydroxylation is 1. The standard InChI is InChI=1S/C24H35N5O2S/c1-4-16-32-17-8-13-25-23(31)20-11-14-28(15-12-20)24-22(26-19(3)30)18(2)27-29(24)21-9-6-5-7-10-21/h5-7,9-10,20H,4,8,11-17H2,1-3H3,(H,25,31)(H,26,30). The molecule has 0 unspecified atom stereocenters. The topological polar surface area (TPSA) is 79.3 Å². The van der Waals surface area contributed by atoms with Gasteiger partial charge >= 0.3 is 0 Å². The number of thioether (sulfide) groups is 1. The van der Waals surface area contributed by atoms with Gasteiger partial charge in [0.05, 0.1) is 11.4 Å². The molecule has 174 valence electrons. The van der Waals surface area contributed by atoms with Crippen LogP contribution in [0.4, 0.5) is 11.5 Å². The Hall–Kier alpha value is -2.48. The fourth-order valence-corrected chi connectivity index (χ4v) is 4.85. The number of piperidine rings is 1. The summed E-state index contributed by atoms with van der Waals surface area (Å²) >= 11 is 1.95. The number of aromatic nitrogens is 2. The number of amides is 2. The molecule has 2 N–H and O–H groups in total. The van der Waals surface area contributed by atoms with E-state index in [1.165, 1.54) is 19.1 Å². The fraction of sp³-hybridized carbons (Fsp3) is 0.542. The van der Waals surface area contributed by atoms with Crippen molar-refractivity contribution in [3.63, 3.8) is 0 Å². The minimum absolute atomic E-state index is 0.0351. The largest absolute Gasteiger partial charge is 0.356 e. The highest BCUT2D eigenvalue weighted by Crippen LogP contribution is 2.34. The molecule has 1 saturated heterocycles. The van der Waals surface area contributed by atoms with Crippen molar-refractivity contribution in [3.05, 3.63) is 36.0 Å². The highest BCUT2D eigenvalue weighted by Gasteiger charge is 2.29. The second-order valence-electron chi connectivity index (χ2n) is 8.23. The van der Waals surface area contributed by atoms with Crippen LogP contribution >= 0.6 is 11.8 Å². The zero-order valence-electron chi connectivity index (χ0n) is 19.4. The Morgan fingerprint density at radius 2 is 1.88 bits per heavy atom. The summed E-state index contributed by atoms with van der Waals surface area (Å²) in [5.74, 6) is 3.25. The maximum atomic E-state index is 12.6. The third kappa shape index (κ3) is 6.28. The van der Waals surface area contributed by atoms with Crippen molar-refractivity contribution in [2.24, 2.45) is 5.92 Å². The molecule has 0 atom stereocenters. The average Bonchev–Trinajstić information content (AvgIpc) is 3.12. The van der Waals surface area contributed by atoms with Gasteiger partial charge in [-0.05, 0) is 56.2 Å². The van der Waals surface area contributed by atoms with Crippen molar-refractivity contribution < 1.29 is 9.59 Å². The first-order valence-electron chi connectivity index (χ1n) is 11.5. The van der Waals surface area contributed by atoms with Gasteiger partial charge in [-0.25, -0.2) is 4.68 Å². The van der Waals surface area contributed by atoms with Gasteiger partial charge in [0.1, 0.15) is 5.69 Å². The molecule has 1 aromatic carbocycles. The Morgan fingerprint density at radius 1 is 1.16 bits per heavy atom. The van der Waals surface area contributed by atoms with Crippen LogP contribution in [-0.2, 0) is 9.59 Å². The predicted octanol–water partition coefficient (Wildman–Crippen LogP) is 4.01. The first kappa shape index (κ1) is 24.2. The van der Waals surface area contributed by atoms with E-state index in [0.29, 0.717) is 0 Å². The lowest BCUT2D eigenvalue weighted by Crippen LogP contribution is -2.41. The van der Waals surface area contributed by atoms with Crippen LogP contribution < -0.4 is 15.5 Å². The Balaban J connectivity index is 1.65. The molecule has 1 fully saturated rings. The number of anilines is 2. The van der Waals surface area contributed by atoms with E-state index in [1.807, 2.05) is 53.7 Å². The van der Waals surface area contributed by atoms with Crippen LogP contribution in [0.1, 0.15) is 45.2 Å². The van der Waals surface area contributed by atoms with E-state index in [1.54, 1.807) is 0 Å². The number of para-hydroxylation sites is 1. The smallest absolute Gasteiger partial charge is 0.223 e. The van der Waals surface area contributed by atoms with Crippen molar-refractivity contribution in [1.29, 1.82) is 0 Å². The summed E-state index contributed by atoms with van der Waals surface area (Å²) in [7, 11) is 0. The van der Waals surface area contributed by atoms with E-state index >= 15 is 0 Å². The van der Waals surface area contributed by atoms with Crippen LogP contribution in [0.2, 0.25) is 0 Å². The SMILES string of the molecule is CCCSCCCNC(=O)C1CCN(c2c(NC(C)=O)c(C)nn2-c2ccccc2)CC1. The van der Waals surface area contributed by atoms with E-state index in [-0.39, 0.29) is 17.7 Å². The average molecular weight is 458 g/mol. The minimum Gasteiger partial charge on any atom is -0.356 e. The third-order valence-corrected chi connectivity index (χ3v) is 6.89. The van der Waals surface area contributed by atoms with Crippen molar-refractivity contribution in [2.75, 3.05) is 41.4 Å². The Kier molecular flexibility index (Phi) is 9.02. The molecule has 0 saturated carbocycles. The first-order chi connectivity index (χ1) is 15.5. The number of nitrogens with one attached hydrogen (secondary N) is 2. The monoisotopic (exact) mass is 457 g/mol. The van der Waals surface area contributed by atoms with Crippen LogP contribution in [-0.4, -0.2) is 52.7 Å². The van der Waals surface area contributed by atoms with Gasteiger partial charge in [0.2, 0.25) is 11.8 Å². The van der Waals surface area contributed by atoms with Crippen molar-refractivity contribution in [3.8, 4) is 5.69 Å². The fourth-order valence-electron chi connectivity index (χ4n) is 4.01. The Morgan fingerprint density at radius 3 is 2.53 bits per heavy atom. The lowest BCUT2D eigenvalue weighted by atomic mass is 9.95. The van der Waals surface area contributed by atoms with Gasteiger partial charge in [0.25, 0.3) is 0 Å². The number of benzene rings is 1. The molecular formula is C24H35N5O2S. The molecule has 3 rings (SSSR count). The quantitative estimate of drug-likeness (QED) is 0.527. The molecule has 0 radical (unpaired) electrons. The van der Waals surface area contributed by atoms with Gasteiger partial charge in [0, 0.05) is 32.5 Å². The zero-order chi connectivity index (χ0) is 22.9. The maximum absolute atomic E-state index is 12.6. The molecular weight excluding hydrogens is 422 g/mol. The predicted molar refractivity (Wildman–Crippen MR) is 133 cm³/mol. The normalized spacial score (nSPS) is 14.4. The van der Waals surface area contributed by atoms with Crippen LogP contribution in [0.15, 0.2) is 30.3 Å². The molecule has 32 heavy (non-hydrogen) atoms. The van der Waals surface area contributed by atoms with Gasteiger partial charge in [-0.15, -0.1) is 0 Å². The Labute approximate surface area is 195 Å². The van der Waals surface area contributed by atoms with Gasteiger partial charge < -0.3 is 15.5 Å². The highest BCUT2D eigenvalue weighted by molar-refractivity contribution is 7.99. The van der Waals surface area contributed by atoms with Gasteiger partial charge in [-0.2, -0.15) is 16.9 Å². The summed E-state index contributed by atoms with van der Waals surface area (Å²) in [4.78, 5) is 26.7. The first-order valence-corrected chi connectivity index (χ1v) is 12.7. The lowest BCUT2D eigenvalue weighted by molar-refractivity contribution is -0.125. The summed E-state index contributed by atoms with van der Waals surface area (Å²) in [5.41, 5.74) is 2.47. The molecule has 2 amide bonds. The summed E-state index contributed by atoms with van der Waals surface area (Å²) < 4.78 is 1.90. The van der Waals surface area contributed by atoms with Crippen LogP contribution in [0, 0.1) is 12.8 Å². The maximum Gasteiger partial charge on any atom is 0.223 e. The Bertz CT molecular complexity index is 891. The van der Waals surface area contributed by atoms with Crippen molar-refractivity contribution in [2.45, 2.75) is 46.5 Å². The summed E-state index contributed by atoms with van der Waals surface area (Å²) in [6.07, 6.45) is 3.79. The number of nitrogens with zero attached hydrogens (tertiary/aromatic N) is 3. The van der Waals surface area contributed by atoms with Crippen LogP contribution in [0.3, 0.4) is 0 Å². The summed E-state index contributed by atoms with van der Waals surface area (Å²) in [6.45, 7) is 7.86. The van der Waals surface area contributed by atoms with E-state index in [4.69, 9.17) is 5.10 Å². The van der Waals surface area contributed by atoms with Gasteiger partial charge in [-0.1, -0.05) is 25.1 Å². The molecule has 1 aromatic heterocycles. The summed E-state index contributed by atoms with van der Waals surface area (Å²) in [6, 6.07) is 9.94.